The van der Waals surface area contributed by atoms with E-state index in [-0.39, 0.29) is 19.4 Å². The Hall–Kier alpha value is -1.99. The van der Waals surface area contributed by atoms with Crippen LogP contribution in [-0.2, 0) is 28.2 Å². The summed E-state index contributed by atoms with van der Waals surface area (Å²) in [4.78, 5) is 43.0. The zero-order chi connectivity index (χ0) is 42.5. The third kappa shape index (κ3) is 46.7. The van der Waals surface area contributed by atoms with Crippen LogP contribution in [0.3, 0.4) is 0 Å². The molecule has 0 bridgehead atoms. The molecule has 0 aliphatic rings. The minimum atomic E-state index is -4.76. The standard InChI is InChI=1S/C49H89O8P/c1-3-5-7-9-11-13-15-17-19-21-22-23-24-25-26-28-29-31-33-35-37-39-41-43-48(50)55-45-47(46-56-58(52,53)54)57-49(51)44-42-40-38-36-34-32-30-27-20-18-16-14-12-10-8-6-4-2/h6,8,12,14,18,20,30,32,47H,3-5,7,9-11,13,15-17,19,21-29,31,33-46H2,1-2H3,(H2,52,53,54)/b8-6-,14-12-,20-18-,32-30-. The van der Waals surface area contributed by atoms with Crippen molar-refractivity contribution in [3.8, 4) is 0 Å². The minimum Gasteiger partial charge on any atom is -0.462 e. The van der Waals surface area contributed by atoms with Crippen molar-refractivity contribution >= 4 is 19.8 Å². The lowest BCUT2D eigenvalue weighted by molar-refractivity contribution is -0.161. The molecule has 0 saturated carbocycles. The summed E-state index contributed by atoms with van der Waals surface area (Å²) in [6, 6.07) is 0. The smallest absolute Gasteiger partial charge is 0.462 e. The molecule has 9 heteroatoms. The molecule has 0 saturated heterocycles. The van der Waals surface area contributed by atoms with Crippen molar-refractivity contribution in [3.63, 3.8) is 0 Å². The summed E-state index contributed by atoms with van der Waals surface area (Å²) in [6.45, 7) is 3.58. The van der Waals surface area contributed by atoms with Crippen LogP contribution in [0.4, 0.5) is 0 Å². The zero-order valence-electron chi connectivity index (χ0n) is 37.4. The lowest BCUT2D eigenvalue weighted by atomic mass is 10.0. The van der Waals surface area contributed by atoms with Gasteiger partial charge in [0.05, 0.1) is 6.61 Å². The summed E-state index contributed by atoms with van der Waals surface area (Å²) < 4.78 is 26.5. The van der Waals surface area contributed by atoms with Crippen LogP contribution in [0.25, 0.3) is 0 Å². The number of esters is 2. The van der Waals surface area contributed by atoms with Crippen molar-refractivity contribution in [2.45, 2.75) is 238 Å². The predicted molar refractivity (Wildman–Crippen MR) is 244 cm³/mol. The molecule has 0 heterocycles. The highest BCUT2D eigenvalue weighted by Gasteiger charge is 2.23. The summed E-state index contributed by atoms with van der Waals surface area (Å²) in [7, 11) is -4.76. The lowest BCUT2D eigenvalue weighted by Crippen LogP contribution is -2.29. The van der Waals surface area contributed by atoms with Gasteiger partial charge in [-0.2, -0.15) is 0 Å². The Morgan fingerprint density at radius 3 is 1.24 bits per heavy atom. The Kier molecular flexibility index (Phi) is 43.0. The van der Waals surface area contributed by atoms with Gasteiger partial charge in [-0.25, -0.2) is 4.57 Å². The van der Waals surface area contributed by atoms with Gasteiger partial charge in [-0.3, -0.25) is 14.1 Å². The molecule has 1 atom stereocenters. The van der Waals surface area contributed by atoms with E-state index < -0.39 is 32.5 Å². The van der Waals surface area contributed by atoms with Gasteiger partial charge in [-0.05, 0) is 51.4 Å². The van der Waals surface area contributed by atoms with E-state index in [0.29, 0.717) is 6.42 Å². The highest BCUT2D eigenvalue weighted by molar-refractivity contribution is 7.46. The first kappa shape index (κ1) is 56.0. The summed E-state index contributed by atoms with van der Waals surface area (Å²) in [5.41, 5.74) is 0. The molecule has 2 N–H and O–H groups in total. The van der Waals surface area contributed by atoms with E-state index in [0.717, 1.165) is 70.6 Å². The van der Waals surface area contributed by atoms with Gasteiger partial charge in [-0.15, -0.1) is 0 Å². The van der Waals surface area contributed by atoms with Crippen molar-refractivity contribution in [3.05, 3.63) is 48.6 Å². The van der Waals surface area contributed by atoms with Crippen molar-refractivity contribution in [2.75, 3.05) is 13.2 Å². The van der Waals surface area contributed by atoms with Crippen molar-refractivity contribution in [2.24, 2.45) is 0 Å². The number of ether oxygens (including phenoxy) is 2. The Bertz CT molecular complexity index is 1080. The Morgan fingerprint density at radius 1 is 0.466 bits per heavy atom. The van der Waals surface area contributed by atoms with E-state index >= 15 is 0 Å². The first-order valence-electron chi connectivity index (χ1n) is 23.9. The van der Waals surface area contributed by atoms with Crippen LogP contribution in [0.1, 0.15) is 232 Å². The van der Waals surface area contributed by atoms with E-state index in [4.69, 9.17) is 19.3 Å². The molecule has 1 unspecified atom stereocenters. The SMILES string of the molecule is CC/C=C\C/C=C\C/C=C\C/C=C\CCCCCCC(=O)OC(COC(=O)CCCCCCCCCCCCCCCCCCCCCCCCC)COP(=O)(O)O. The normalized spacial score (nSPS) is 12.8. The Balaban J connectivity index is 3.84. The highest BCUT2D eigenvalue weighted by Crippen LogP contribution is 2.36. The highest BCUT2D eigenvalue weighted by atomic mass is 31.2. The second-order valence-electron chi connectivity index (χ2n) is 16.1. The Labute approximate surface area is 356 Å². The van der Waals surface area contributed by atoms with Gasteiger partial charge in [-0.1, -0.05) is 217 Å². The van der Waals surface area contributed by atoms with Crippen LogP contribution in [0.2, 0.25) is 0 Å². The molecule has 0 aromatic rings. The van der Waals surface area contributed by atoms with Crippen molar-refractivity contribution in [1.82, 2.24) is 0 Å². The number of allylic oxidation sites excluding steroid dienone is 8. The molecule has 338 valence electrons. The molecule has 0 rings (SSSR count). The number of phosphoric acid groups is 1. The number of hydrogen-bond acceptors (Lipinski definition) is 6. The minimum absolute atomic E-state index is 0.184. The Morgan fingerprint density at radius 2 is 0.828 bits per heavy atom. The average molecular weight is 837 g/mol. The first-order chi connectivity index (χ1) is 28.3. The van der Waals surface area contributed by atoms with E-state index in [1.54, 1.807) is 0 Å². The fraction of sp³-hybridized carbons (Fsp3) is 0.796. The van der Waals surface area contributed by atoms with Crippen molar-refractivity contribution < 1.29 is 37.9 Å². The van der Waals surface area contributed by atoms with Crippen LogP contribution in [-0.4, -0.2) is 41.0 Å². The van der Waals surface area contributed by atoms with Crippen LogP contribution < -0.4 is 0 Å². The number of hydrogen-bond donors (Lipinski definition) is 2. The molecule has 0 fully saturated rings. The molecular formula is C49H89O8P. The van der Waals surface area contributed by atoms with Gasteiger partial charge < -0.3 is 19.3 Å². The summed E-state index contributed by atoms with van der Waals surface area (Å²) >= 11 is 0. The van der Waals surface area contributed by atoms with Gasteiger partial charge >= 0.3 is 19.8 Å². The predicted octanol–water partition coefficient (Wildman–Crippen LogP) is 15.1. The molecule has 0 aromatic carbocycles. The molecule has 0 aliphatic heterocycles. The van der Waals surface area contributed by atoms with Crippen molar-refractivity contribution in [1.29, 1.82) is 0 Å². The summed E-state index contributed by atoms with van der Waals surface area (Å²) in [5.74, 6) is -0.905. The third-order valence-corrected chi connectivity index (χ3v) is 10.8. The van der Waals surface area contributed by atoms with E-state index in [9.17, 15) is 14.2 Å². The average Bonchev–Trinajstić information content (AvgIpc) is 3.20. The number of rotatable bonds is 44. The molecule has 58 heavy (non-hydrogen) atoms. The number of phosphoric ester groups is 1. The van der Waals surface area contributed by atoms with E-state index in [2.05, 4.69) is 67.0 Å². The fourth-order valence-electron chi connectivity index (χ4n) is 6.84. The number of carbonyl (C=O) groups excluding carboxylic acids is 2. The van der Waals surface area contributed by atoms with Crippen LogP contribution >= 0.6 is 7.82 Å². The van der Waals surface area contributed by atoms with Gasteiger partial charge in [0.25, 0.3) is 0 Å². The molecule has 0 radical (unpaired) electrons. The summed E-state index contributed by atoms with van der Waals surface area (Å²) in [5, 5.41) is 0. The maximum absolute atomic E-state index is 12.4. The third-order valence-electron chi connectivity index (χ3n) is 10.4. The number of unbranched alkanes of at least 4 members (excludes halogenated alkanes) is 26. The largest absolute Gasteiger partial charge is 0.469 e. The number of carbonyl (C=O) groups is 2. The topological polar surface area (TPSA) is 119 Å². The molecule has 0 amide bonds. The van der Waals surface area contributed by atoms with Gasteiger partial charge in [0.15, 0.2) is 6.10 Å². The fourth-order valence-corrected chi connectivity index (χ4v) is 7.20. The van der Waals surface area contributed by atoms with Gasteiger partial charge in [0.1, 0.15) is 6.61 Å². The molecule has 8 nitrogen and oxygen atoms in total. The first-order valence-corrected chi connectivity index (χ1v) is 25.5. The van der Waals surface area contributed by atoms with Crippen LogP contribution in [0.15, 0.2) is 48.6 Å². The second-order valence-corrected chi connectivity index (χ2v) is 17.3. The van der Waals surface area contributed by atoms with Crippen LogP contribution in [0.5, 0.6) is 0 Å². The van der Waals surface area contributed by atoms with E-state index in [1.165, 1.54) is 128 Å². The molecule has 0 aromatic heterocycles. The summed E-state index contributed by atoms with van der Waals surface area (Å²) in [6.07, 6.45) is 55.6. The van der Waals surface area contributed by atoms with E-state index in [1.807, 2.05) is 0 Å². The quantitative estimate of drug-likeness (QED) is 0.0269. The lowest BCUT2D eigenvalue weighted by Gasteiger charge is -2.18. The van der Waals surface area contributed by atoms with Crippen LogP contribution in [0, 0.1) is 0 Å². The van der Waals surface area contributed by atoms with Gasteiger partial charge in [0.2, 0.25) is 0 Å². The molecule has 0 aliphatic carbocycles. The maximum Gasteiger partial charge on any atom is 0.469 e. The molecular weight excluding hydrogens is 748 g/mol. The second kappa shape index (κ2) is 44.6. The maximum atomic E-state index is 12.4. The molecule has 0 spiro atoms. The zero-order valence-corrected chi connectivity index (χ0v) is 38.3. The monoisotopic (exact) mass is 837 g/mol. The van der Waals surface area contributed by atoms with Gasteiger partial charge in [0, 0.05) is 12.8 Å².